The number of aryl methyl sites for hydroxylation is 2. The van der Waals surface area contributed by atoms with Crippen LogP contribution in [0.4, 0.5) is 10.1 Å². The first-order valence-electron chi connectivity index (χ1n) is 9.69. The SMILES string of the molecule is Cc1nnc(-c2ccc(N3CC[C@@](O)(C(=O)CCc4cc(F)cc(Cl)c4)C3=O)cc2)o1. The molecule has 4 rings (SSSR count). The van der Waals surface area contributed by atoms with Crippen molar-refractivity contribution in [1.82, 2.24) is 10.2 Å². The number of Topliss-reactive ketones (excluding diaryl/α,β-unsaturated/α-hetero) is 1. The molecule has 0 saturated carbocycles. The van der Waals surface area contributed by atoms with Gasteiger partial charge in [0.2, 0.25) is 17.4 Å². The fourth-order valence-corrected chi connectivity index (χ4v) is 3.87. The van der Waals surface area contributed by atoms with Gasteiger partial charge in [-0.05, 0) is 54.4 Å². The molecular formula is C22H19ClFN3O4. The van der Waals surface area contributed by atoms with Crippen LogP contribution < -0.4 is 4.90 Å². The highest BCUT2D eigenvalue weighted by Gasteiger charge is 2.50. The van der Waals surface area contributed by atoms with Crippen LogP contribution in [0.2, 0.25) is 5.02 Å². The quantitative estimate of drug-likeness (QED) is 0.585. The number of rotatable bonds is 6. The third-order valence-corrected chi connectivity index (χ3v) is 5.49. The van der Waals surface area contributed by atoms with Crippen LogP contribution in [-0.4, -0.2) is 39.1 Å². The van der Waals surface area contributed by atoms with Crippen molar-refractivity contribution in [1.29, 1.82) is 0 Å². The molecular weight excluding hydrogens is 425 g/mol. The van der Waals surface area contributed by atoms with Gasteiger partial charge in [-0.15, -0.1) is 10.2 Å². The molecule has 7 nitrogen and oxygen atoms in total. The average Bonchev–Trinajstić information content (AvgIpc) is 3.30. The predicted octanol–water partition coefficient (Wildman–Crippen LogP) is 3.51. The molecule has 1 aromatic heterocycles. The zero-order chi connectivity index (χ0) is 22.2. The number of carbonyl (C=O) groups is 2. The lowest BCUT2D eigenvalue weighted by Crippen LogP contribution is -2.47. The second-order valence-electron chi connectivity index (χ2n) is 7.44. The molecule has 2 heterocycles. The van der Waals surface area contributed by atoms with E-state index in [0.29, 0.717) is 28.6 Å². The Labute approximate surface area is 182 Å². The lowest BCUT2D eigenvalue weighted by atomic mass is 9.92. The van der Waals surface area contributed by atoms with E-state index in [2.05, 4.69) is 10.2 Å². The summed E-state index contributed by atoms with van der Waals surface area (Å²) in [4.78, 5) is 26.9. The number of nitrogens with zero attached hydrogens (tertiary/aromatic N) is 3. The third kappa shape index (κ3) is 4.22. The van der Waals surface area contributed by atoms with Gasteiger partial charge >= 0.3 is 0 Å². The van der Waals surface area contributed by atoms with Crippen molar-refractivity contribution in [2.45, 2.75) is 31.8 Å². The highest BCUT2D eigenvalue weighted by atomic mass is 35.5. The molecule has 3 aromatic rings. The molecule has 0 spiro atoms. The predicted molar refractivity (Wildman–Crippen MR) is 111 cm³/mol. The van der Waals surface area contributed by atoms with Crippen LogP contribution in [-0.2, 0) is 16.0 Å². The fraction of sp³-hybridized carbons (Fsp3) is 0.273. The molecule has 0 bridgehead atoms. The van der Waals surface area contributed by atoms with Crippen molar-refractivity contribution in [2.24, 2.45) is 0 Å². The minimum Gasteiger partial charge on any atom is -0.421 e. The topological polar surface area (TPSA) is 96.5 Å². The standard InChI is InChI=1S/C22H19ClFN3O4/c1-13-25-26-20(31-13)15-3-5-18(6-4-15)27-9-8-22(30,21(27)29)19(28)7-2-14-10-16(23)12-17(24)11-14/h3-6,10-12,30H,2,7-9H2,1H3/t22-/m1/s1. The van der Waals surface area contributed by atoms with E-state index in [1.54, 1.807) is 37.3 Å². The number of amides is 1. The Balaban J connectivity index is 1.45. The number of hydrogen-bond acceptors (Lipinski definition) is 6. The molecule has 9 heteroatoms. The summed E-state index contributed by atoms with van der Waals surface area (Å²) in [5.74, 6) is -0.968. The van der Waals surface area contributed by atoms with E-state index in [-0.39, 0.29) is 30.8 Å². The van der Waals surface area contributed by atoms with Crippen molar-refractivity contribution in [3.05, 3.63) is 64.8 Å². The summed E-state index contributed by atoms with van der Waals surface area (Å²) in [5, 5.41) is 18.8. The highest BCUT2D eigenvalue weighted by Crippen LogP contribution is 2.31. The summed E-state index contributed by atoms with van der Waals surface area (Å²) in [7, 11) is 0. The Kier molecular flexibility index (Phi) is 5.60. The van der Waals surface area contributed by atoms with Gasteiger partial charge in [0.15, 0.2) is 5.78 Å². The number of anilines is 1. The first-order valence-corrected chi connectivity index (χ1v) is 10.1. The van der Waals surface area contributed by atoms with Gasteiger partial charge in [-0.3, -0.25) is 9.59 Å². The monoisotopic (exact) mass is 443 g/mol. The van der Waals surface area contributed by atoms with E-state index in [0.717, 1.165) is 0 Å². The zero-order valence-electron chi connectivity index (χ0n) is 16.6. The van der Waals surface area contributed by atoms with E-state index in [1.165, 1.54) is 17.0 Å². The smallest absolute Gasteiger partial charge is 0.266 e. The molecule has 1 N–H and O–H groups in total. The number of aromatic nitrogens is 2. The van der Waals surface area contributed by atoms with Crippen LogP contribution in [0.15, 0.2) is 46.9 Å². The van der Waals surface area contributed by atoms with Gasteiger partial charge in [-0.1, -0.05) is 11.6 Å². The molecule has 0 aliphatic carbocycles. The fourth-order valence-electron chi connectivity index (χ4n) is 3.63. The van der Waals surface area contributed by atoms with E-state index < -0.39 is 23.1 Å². The van der Waals surface area contributed by atoms with Crippen molar-refractivity contribution in [3.63, 3.8) is 0 Å². The van der Waals surface area contributed by atoms with Gasteiger partial charge in [0.25, 0.3) is 5.91 Å². The highest BCUT2D eigenvalue weighted by molar-refractivity contribution is 6.30. The molecule has 1 saturated heterocycles. The van der Waals surface area contributed by atoms with Gasteiger partial charge in [-0.2, -0.15) is 0 Å². The lowest BCUT2D eigenvalue weighted by molar-refractivity contribution is -0.147. The number of carbonyl (C=O) groups excluding carboxylic acids is 2. The molecule has 1 aliphatic heterocycles. The van der Waals surface area contributed by atoms with Crippen molar-refractivity contribution < 1.29 is 23.5 Å². The van der Waals surface area contributed by atoms with Gasteiger partial charge < -0.3 is 14.4 Å². The van der Waals surface area contributed by atoms with Gasteiger partial charge in [-0.25, -0.2) is 4.39 Å². The van der Waals surface area contributed by atoms with E-state index in [1.807, 2.05) is 0 Å². The number of halogens is 2. The molecule has 0 unspecified atom stereocenters. The van der Waals surface area contributed by atoms with Crippen LogP contribution in [0.3, 0.4) is 0 Å². The maximum atomic E-state index is 13.5. The first kappa shape index (κ1) is 21.1. The number of ketones is 1. The van der Waals surface area contributed by atoms with E-state index in [9.17, 15) is 19.1 Å². The Morgan fingerprint density at radius 2 is 2.00 bits per heavy atom. The van der Waals surface area contributed by atoms with Gasteiger partial charge in [0.05, 0.1) is 0 Å². The Morgan fingerprint density at radius 3 is 2.65 bits per heavy atom. The maximum Gasteiger partial charge on any atom is 0.266 e. The summed E-state index contributed by atoms with van der Waals surface area (Å²) in [6, 6.07) is 10.8. The summed E-state index contributed by atoms with van der Waals surface area (Å²) >= 11 is 5.83. The molecule has 160 valence electrons. The zero-order valence-corrected chi connectivity index (χ0v) is 17.4. The van der Waals surface area contributed by atoms with Crippen LogP contribution in [0.1, 0.15) is 24.3 Å². The largest absolute Gasteiger partial charge is 0.421 e. The normalized spacial score (nSPS) is 18.6. The average molecular weight is 444 g/mol. The van der Waals surface area contributed by atoms with Crippen LogP contribution in [0, 0.1) is 12.7 Å². The van der Waals surface area contributed by atoms with Crippen molar-refractivity contribution in [3.8, 4) is 11.5 Å². The summed E-state index contributed by atoms with van der Waals surface area (Å²) in [6.07, 6.45) is 0.0503. The Hall–Kier alpha value is -3.10. The van der Waals surface area contributed by atoms with Crippen LogP contribution in [0.25, 0.3) is 11.5 Å². The summed E-state index contributed by atoms with van der Waals surface area (Å²) in [6.45, 7) is 1.89. The van der Waals surface area contributed by atoms with Crippen molar-refractivity contribution >= 4 is 29.0 Å². The van der Waals surface area contributed by atoms with Crippen LogP contribution in [0.5, 0.6) is 0 Å². The maximum absolute atomic E-state index is 13.5. The molecule has 1 fully saturated rings. The molecule has 0 radical (unpaired) electrons. The molecule has 1 amide bonds. The molecule has 1 atom stereocenters. The number of benzene rings is 2. The third-order valence-electron chi connectivity index (χ3n) is 5.27. The minimum absolute atomic E-state index is 0.0147. The number of aliphatic hydroxyl groups is 1. The first-order chi connectivity index (χ1) is 14.8. The molecule has 31 heavy (non-hydrogen) atoms. The van der Waals surface area contributed by atoms with Crippen molar-refractivity contribution in [2.75, 3.05) is 11.4 Å². The van der Waals surface area contributed by atoms with Crippen LogP contribution >= 0.6 is 11.6 Å². The second-order valence-corrected chi connectivity index (χ2v) is 7.88. The minimum atomic E-state index is -2.10. The van der Waals surface area contributed by atoms with Gasteiger partial charge in [0, 0.05) is 42.6 Å². The molecule has 1 aliphatic rings. The van der Waals surface area contributed by atoms with E-state index >= 15 is 0 Å². The summed E-state index contributed by atoms with van der Waals surface area (Å²) < 4.78 is 18.9. The Bertz CT molecular complexity index is 1130. The Morgan fingerprint density at radius 1 is 1.26 bits per heavy atom. The second kappa shape index (κ2) is 8.20. The van der Waals surface area contributed by atoms with E-state index in [4.69, 9.17) is 16.0 Å². The molecule has 2 aromatic carbocycles. The summed E-state index contributed by atoms with van der Waals surface area (Å²) in [5.41, 5.74) is -0.336. The number of hydrogen-bond donors (Lipinski definition) is 1. The lowest BCUT2D eigenvalue weighted by Gasteiger charge is -2.21. The van der Waals surface area contributed by atoms with Gasteiger partial charge in [0.1, 0.15) is 5.82 Å².